The highest BCUT2D eigenvalue weighted by atomic mass is 19.1. The summed E-state index contributed by atoms with van der Waals surface area (Å²) in [6, 6.07) is 12.9. The molecule has 4 rings (SSSR count). The van der Waals surface area contributed by atoms with Crippen LogP contribution in [0.15, 0.2) is 59.5 Å². The molecule has 0 aliphatic heterocycles. The Labute approximate surface area is 123 Å². The van der Waals surface area contributed by atoms with E-state index in [1.54, 1.807) is 30.3 Å². The molecule has 2 aromatic carbocycles. The van der Waals surface area contributed by atoms with Crippen molar-refractivity contribution in [2.45, 2.75) is 0 Å². The van der Waals surface area contributed by atoms with Gasteiger partial charge in [-0.25, -0.2) is 13.8 Å². The third kappa shape index (κ3) is 1.57. The first-order valence-electron chi connectivity index (χ1n) is 6.63. The molecule has 0 unspecified atom stereocenters. The third-order valence-electron chi connectivity index (χ3n) is 3.61. The summed E-state index contributed by atoms with van der Waals surface area (Å²) in [5.74, 6) is -0.929. The van der Waals surface area contributed by atoms with Gasteiger partial charge in [-0.1, -0.05) is 24.3 Å². The molecule has 0 spiro atoms. The molecule has 2 aromatic heterocycles. The summed E-state index contributed by atoms with van der Waals surface area (Å²) in [6.07, 6.45) is 1.40. The Morgan fingerprint density at radius 2 is 1.73 bits per heavy atom. The van der Waals surface area contributed by atoms with Crippen molar-refractivity contribution in [2.75, 3.05) is 0 Å². The number of hydrogen-bond acceptors (Lipinski definition) is 3. The first-order chi connectivity index (χ1) is 10.7. The van der Waals surface area contributed by atoms with Crippen molar-refractivity contribution in [1.82, 2.24) is 14.0 Å². The van der Waals surface area contributed by atoms with Gasteiger partial charge in [-0.15, -0.1) is 0 Å². The van der Waals surface area contributed by atoms with E-state index in [1.165, 1.54) is 28.8 Å². The summed E-state index contributed by atoms with van der Waals surface area (Å²) in [4.78, 5) is 16.9. The molecule has 0 bridgehead atoms. The highest BCUT2D eigenvalue weighted by Gasteiger charge is 2.19. The van der Waals surface area contributed by atoms with Gasteiger partial charge in [0.15, 0.2) is 0 Å². The molecule has 5 nitrogen and oxygen atoms in total. The zero-order valence-corrected chi connectivity index (χ0v) is 11.3. The number of hydrogen-bond donors (Lipinski definition) is 1. The molecular weight excluding hydrogens is 285 g/mol. The number of imidazole rings is 1. The number of benzene rings is 2. The lowest BCUT2D eigenvalue weighted by atomic mass is 10.3. The second kappa shape index (κ2) is 4.42. The number of nitrogens with zero attached hydrogens (tertiary/aromatic N) is 3. The summed E-state index contributed by atoms with van der Waals surface area (Å²) < 4.78 is 16.2. The van der Waals surface area contributed by atoms with Crippen molar-refractivity contribution < 1.29 is 9.50 Å². The van der Waals surface area contributed by atoms with Crippen molar-refractivity contribution in [3.8, 4) is 11.6 Å². The zero-order chi connectivity index (χ0) is 15.3. The molecule has 2 heterocycles. The molecule has 0 radical (unpaired) electrons. The third-order valence-corrected chi connectivity index (χ3v) is 3.61. The zero-order valence-electron chi connectivity index (χ0n) is 11.3. The Morgan fingerprint density at radius 1 is 1.00 bits per heavy atom. The van der Waals surface area contributed by atoms with Crippen LogP contribution >= 0.6 is 0 Å². The SMILES string of the molecule is O=c1n(-c2ccccc2F)c(O)c2cnc3ccccc3n12. The summed E-state index contributed by atoms with van der Waals surface area (Å²) in [5.41, 5.74) is 0.846. The van der Waals surface area contributed by atoms with Crippen LogP contribution in [0.3, 0.4) is 0 Å². The van der Waals surface area contributed by atoms with Crippen molar-refractivity contribution >= 4 is 16.6 Å². The maximum absolute atomic E-state index is 14.0. The van der Waals surface area contributed by atoms with Crippen LogP contribution in [-0.2, 0) is 0 Å². The van der Waals surface area contributed by atoms with Crippen LogP contribution in [0.4, 0.5) is 4.39 Å². The predicted octanol–water partition coefficient (Wildman–Crippen LogP) is 2.48. The second-order valence-corrected chi connectivity index (χ2v) is 4.86. The molecule has 0 aliphatic rings. The fourth-order valence-corrected chi connectivity index (χ4v) is 2.60. The fraction of sp³-hybridized carbons (Fsp3) is 0. The summed E-state index contributed by atoms with van der Waals surface area (Å²) in [6.45, 7) is 0. The van der Waals surface area contributed by atoms with Gasteiger partial charge in [0.05, 0.1) is 22.9 Å². The van der Waals surface area contributed by atoms with E-state index in [0.717, 1.165) is 4.57 Å². The molecule has 22 heavy (non-hydrogen) atoms. The maximum Gasteiger partial charge on any atom is 0.341 e. The number of aromatic hydroxyl groups is 1. The second-order valence-electron chi connectivity index (χ2n) is 4.86. The van der Waals surface area contributed by atoms with E-state index in [1.807, 2.05) is 0 Å². The van der Waals surface area contributed by atoms with E-state index in [4.69, 9.17) is 0 Å². The van der Waals surface area contributed by atoms with Crippen molar-refractivity contribution in [1.29, 1.82) is 0 Å². The lowest BCUT2D eigenvalue weighted by Crippen LogP contribution is -2.19. The monoisotopic (exact) mass is 295 g/mol. The highest BCUT2D eigenvalue weighted by molar-refractivity contribution is 5.79. The summed E-state index contributed by atoms with van der Waals surface area (Å²) in [7, 11) is 0. The van der Waals surface area contributed by atoms with E-state index < -0.39 is 11.5 Å². The molecule has 0 fully saturated rings. The van der Waals surface area contributed by atoms with E-state index in [-0.39, 0.29) is 17.1 Å². The number of aromatic nitrogens is 3. The van der Waals surface area contributed by atoms with Crippen molar-refractivity contribution in [3.63, 3.8) is 0 Å². The molecule has 4 aromatic rings. The Balaban J connectivity index is 2.21. The lowest BCUT2D eigenvalue weighted by molar-refractivity contribution is 0.443. The number of halogens is 1. The fourth-order valence-electron chi connectivity index (χ4n) is 2.60. The molecule has 0 saturated carbocycles. The van der Waals surface area contributed by atoms with Crippen molar-refractivity contribution in [2.24, 2.45) is 0 Å². The Hall–Kier alpha value is -3.15. The number of para-hydroxylation sites is 3. The number of rotatable bonds is 1. The smallest absolute Gasteiger partial charge is 0.341 e. The Bertz CT molecular complexity index is 1080. The molecule has 0 atom stereocenters. The quantitative estimate of drug-likeness (QED) is 0.587. The van der Waals surface area contributed by atoms with Gasteiger partial charge in [0.2, 0.25) is 5.88 Å². The average molecular weight is 295 g/mol. The van der Waals surface area contributed by atoms with Gasteiger partial charge in [-0.05, 0) is 24.3 Å². The van der Waals surface area contributed by atoms with Crippen LogP contribution in [0.2, 0.25) is 0 Å². The summed E-state index contributed by atoms with van der Waals surface area (Å²) >= 11 is 0. The lowest BCUT2D eigenvalue weighted by Gasteiger charge is -2.03. The van der Waals surface area contributed by atoms with Gasteiger partial charge in [0.25, 0.3) is 0 Å². The largest absolute Gasteiger partial charge is 0.493 e. The minimum absolute atomic E-state index is 0.00205. The van der Waals surface area contributed by atoms with E-state index in [0.29, 0.717) is 11.0 Å². The van der Waals surface area contributed by atoms with E-state index in [9.17, 15) is 14.3 Å². The topological polar surface area (TPSA) is 59.5 Å². The van der Waals surface area contributed by atoms with Crippen LogP contribution in [-0.4, -0.2) is 19.1 Å². The van der Waals surface area contributed by atoms with Gasteiger partial charge in [-0.2, -0.15) is 0 Å². The van der Waals surface area contributed by atoms with Gasteiger partial charge in [-0.3, -0.25) is 9.38 Å². The molecule has 0 aliphatic carbocycles. The number of fused-ring (bicyclic) bond motifs is 3. The van der Waals surface area contributed by atoms with Crippen LogP contribution < -0.4 is 5.69 Å². The summed E-state index contributed by atoms with van der Waals surface area (Å²) in [5, 5.41) is 10.3. The molecule has 0 amide bonds. The van der Waals surface area contributed by atoms with Crippen LogP contribution in [0.25, 0.3) is 22.2 Å². The molecule has 0 saturated heterocycles. The van der Waals surface area contributed by atoms with E-state index >= 15 is 0 Å². The minimum atomic E-state index is -0.590. The molecule has 108 valence electrons. The van der Waals surface area contributed by atoms with Gasteiger partial charge < -0.3 is 5.11 Å². The highest BCUT2D eigenvalue weighted by Crippen LogP contribution is 2.24. The van der Waals surface area contributed by atoms with Crippen LogP contribution in [0, 0.1) is 5.82 Å². The molecular formula is C16H10FN3O2. The maximum atomic E-state index is 14.0. The van der Waals surface area contributed by atoms with E-state index in [2.05, 4.69) is 4.98 Å². The minimum Gasteiger partial charge on any atom is -0.493 e. The van der Waals surface area contributed by atoms with Gasteiger partial charge >= 0.3 is 5.69 Å². The average Bonchev–Trinajstić information content (AvgIpc) is 2.80. The van der Waals surface area contributed by atoms with Gasteiger partial charge in [0.1, 0.15) is 11.3 Å². The van der Waals surface area contributed by atoms with Crippen LogP contribution in [0.1, 0.15) is 0 Å². The molecule has 6 heteroatoms. The van der Waals surface area contributed by atoms with Crippen LogP contribution in [0.5, 0.6) is 5.88 Å². The normalized spacial score (nSPS) is 11.3. The Kier molecular flexibility index (Phi) is 2.53. The first kappa shape index (κ1) is 12.6. The Morgan fingerprint density at radius 3 is 2.55 bits per heavy atom. The van der Waals surface area contributed by atoms with Crippen molar-refractivity contribution in [3.05, 3.63) is 71.0 Å². The first-order valence-corrected chi connectivity index (χ1v) is 6.63. The van der Waals surface area contributed by atoms with Gasteiger partial charge in [0, 0.05) is 0 Å². The standard InChI is InChI=1S/C16H10FN3O2/c17-10-5-1-3-7-12(10)20-15(21)14-9-18-11-6-2-4-8-13(11)19(14)16(20)22/h1-9,21H. The predicted molar refractivity (Wildman–Crippen MR) is 79.9 cm³/mol. The molecule has 1 N–H and O–H groups in total.